The molecule has 1 aromatic heterocycles. The maximum atomic E-state index is 12.6. The standard InChI is InChI=1S/C24H23NO5S/c1-3-12-30-17-10-4-14(5-11-17)18-13-19(26)25-21-20(23(24(27)28)31-22(18)21)15-6-8-16(29-2)9-7-15/h4-11,18H,3,12-13H2,1-2H3,(H,25,26)(H,27,28)/t18-/m1/s1. The van der Waals surface area contributed by atoms with Gasteiger partial charge in [-0.1, -0.05) is 31.2 Å². The minimum absolute atomic E-state index is 0.131. The van der Waals surface area contributed by atoms with Crippen molar-refractivity contribution in [2.24, 2.45) is 0 Å². The van der Waals surface area contributed by atoms with Crippen LogP contribution in [-0.2, 0) is 4.79 Å². The predicted molar refractivity (Wildman–Crippen MR) is 121 cm³/mol. The Labute approximate surface area is 184 Å². The second-order valence-electron chi connectivity index (χ2n) is 7.30. The van der Waals surface area contributed by atoms with E-state index in [-0.39, 0.29) is 23.1 Å². The molecule has 1 aliphatic rings. The fourth-order valence-corrected chi connectivity index (χ4v) is 5.00. The van der Waals surface area contributed by atoms with Gasteiger partial charge in [0.15, 0.2) is 0 Å². The summed E-state index contributed by atoms with van der Waals surface area (Å²) >= 11 is 1.22. The number of carboxylic acids is 1. The molecule has 2 aromatic carbocycles. The molecule has 6 nitrogen and oxygen atoms in total. The second kappa shape index (κ2) is 8.81. The Morgan fingerprint density at radius 2 is 1.81 bits per heavy atom. The van der Waals surface area contributed by atoms with E-state index in [0.29, 0.717) is 23.6 Å². The Morgan fingerprint density at radius 1 is 1.13 bits per heavy atom. The van der Waals surface area contributed by atoms with Gasteiger partial charge in [-0.2, -0.15) is 0 Å². The highest BCUT2D eigenvalue weighted by Gasteiger charge is 2.34. The molecule has 0 spiro atoms. The molecular weight excluding hydrogens is 414 g/mol. The van der Waals surface area contributed by atoms with E-state index in [1.165, 1.54) is 11.3 Å². The molecule has 31 heavy (non-hydrogen) atoms. The summed E-state index contributed by atoms with van der Waals surface area (Å²) in [5.41, 5.74) is 2.80. The van der Waals surface area contributed by atoms with E-state index in [9.17, 15) is 14.7 Å². The molecule has 7 heteroatoms. The van der Waals surface area contributed by atoms with Crippen LogP contribution < -0.4 is 14.8 Å². The lowest BCUT2D eigenvalue weighted by Gasteiger charge is -2.24. The van der Waals surface area contributed by atoms with Crippen LogP contribution >= 0.6 is 11.3 Å². The molecule has 1 amide bonds. The summed E-state index contributed by atoms with van der Waals surface area (Å²) in [5, 5.41) is 12.8. The molecule has 2 N–H and O–H groups in total. The van der Waals surface area contributed by atoms with Gasteiger partial charge in [0.05, 0.1) is 19.4 Å². The number of rotatable bonds is 7. The lowest BCUT2D eigenvalue weighted by molar-refractivity contribution is -0.116. The average molecular weight is 438 g/mol. The number of ether oxygens (including phenoxy) is 2. The number of thiophene rings is 1. The smallest absolute Gasteiger partial charge is 0.346 e. The number of aromatic carboxylic acids is 1. The molecule has 0 radical (unpaired) electrons. The molecule has 3 aromatic rings. The number of anilines is 1. The van der Waals surface area contributed by atoms with Crippen LogP contribution in [0.25, 0.3) is 11.1 Å². The van der Waals surface area contributed by atoms with Gasteiger partial charge in [0.1, 0.15) is 16.4 Å². The molecular formula is C24H23NO5S. The van der Waals surface area contributed by atoms with Gasteiger partial charge in [-0.05, 0) is 41.8 Å². The van der Waals surface area contributed by atoms with Gasteiger partial charge in [0.25, 0.3) is 0 Å². The number of carbonyl (C=O) groups is 2. The quantitative estimate of drug-likeness (QED) is 0.518. The lowest BCUT2D eigenvalue weighted by Crippen LogP contribution is -2.22. The van der Waals surface area contributed by atoms with Crippen molar-refractivity contribution >= 4 is 28.9 Å². The molecule has 160 valence electrons. The van der Waals surface area contributed by atoms with Crippen molar-refractivity contribution in [3.8, 4) is 22.6 Å². The molecule has 1 aliphatic heterocycles. The van der Waals surface area contributed by atoms with Crippen LogP contribution in [0.5, 0.6) is 11.5 Å². The molecule has 0 aliphatic carbocycles. The third-order valence-electron chi connectivity index (χ3n) is 5.23. The van der Waals surface area contributed by atoms with E-state index in [2.05, 4.69) is 5.32 Å². The largest absolute Gasteiger partial charge is 0.497 e. The maximum absolute atomic E-state index is 12.6. The first kappa shape index (κ1) is 20.9. The van der Waals surface area contributed by atoms with Gasteiger partial charge in [-0.25, -0.2) is 4.79 Å². The number of fused-ring (bicyclic) bond motifs is 1. The van der Waals surface area contributed by atoms with Crippen molar-refractivity contribution in [2.75, 3.05) is 19.0 Å². The molecule has 0 fully saturated rings. The Kier molecular flexibility index (Phi) is 5.95. The van der Waals surface area contributed by atoms with Gasteiger partial charge < -0.3 is 19.9 Å². The highest BCUT2D eigenvalue weighted by atomic mass is 32.1. The normalized spacial score (nSPS) is 15.2. The first-order valence-corrected chi connectivity index (χ1v) is 10.9. The zero-order chi connectivity index (χ0) is 22.0. The van der Waals surface area contributed by atoms with E-state index >= 15 is 0 Å². The number of hydrogen-bond acceptors (Lipinski definition) is 5. The first-order chi connectivity index (χ1) is 15.0. The lowest BCUT2D eigenvalue weighted by atomic mass is 9.88. The summed E-state index contributed by atoms with van der Waals surface area (Å²) in [6.45, 7) is 2.70. The monoisotopic (exact) mass is 437 g/mol. The Morgan fingerprint density at radius 3 is 2.42 bits per heavy atom. The molecule has 2 heterocycles. The zero-order valence-electron chi connectivity index (χ0n) is 17.3. The highest BCUT2D eigenvalue weighted by molar-refractivity contribution is 7.15. The summed E-state index contributed by atoms with van der Waals surface area (Å²) in [4.78, 5) is 25.7. The molecule has 0 saturated heterocycles. The Balaban J connectivity index is 1.78. The molecule has 0 bridgehead atoms. The molecule has 1 atom stereocenters. The summed E-state index contributed by atoms with van der Waals surface area (Å²) in [6.07, 6.45) is 1.19. The first-order valence-electron chi connectivity index (χ1n) is 10.1. The molecule has 4 rings (SSSR count). The highest BCUT2D eigenvalue weighted by Crippen LogP contribution is 2.49. The number of carboxylic acid groups (broad SMARTS) is 1. The van der Waals surface area contributed by atoms with Crippen LogP contribution in [0.4, 0.5) is 5.69 Å². The zero-order valence-corrected chi connectivity index (χ0v) is 18.1. The van der Waals surface area contributed by atoms with Crippen LogP contribution in [0, 0.1) is 0 Å². The van der Waals surface area contributed by atoms with E-state index < -0.39 is 5.97 Å². The number of benzene rings is 2. The summed E-state index contributed by atoms with van der Waals surface area (Å²) in [7, 11) is 1.58. The number of nitrogens with one attached hydrogen (secondary N) is 1. The van der Waals surface area contributed by atoms with E-state index in [1.54, 1.807) is 19.2 Å². The summed E-state index contributed by atoms with van der Waals surface area (Å²) in [5.74, 6) is 0.105. The van der Waals surface area contributed by atoms with Gasteiger partial charge in [-0.3, -0.25) is 4.79 Å². The third kappa shape index (κ3) is 4.14. The number of hydrogen-bond donors (Lipinski definition) is 2. The number of methoxy groups -OCH3 is 1. The van der Waals surface area contributed by atoms with Crippen LogP contribution in [0.2, 0.25) is 0 Å². The maximum Gasteiger partial charge on any atom is 0.346 e. The second-order valence-corrected chi connectivity index (χ2v) is 8.35. The van der Waals surface area contributed by atoms with Crippen molar-refractivity contribution in [3.63, 3.8) is 0 Å². The molecule has 0 unspecified atom stereocenters. The minimum Gasteiger partial charge on any atom is -0.497 e. The van der Waals surface area contributed by atoms with Gasteiger partial charge in [-0.15, -0.1) is 11.3 Å². The summed E-state index contributed by atoms with van der Waals surface area (Å²) < 4.78 is 10.9. The topological polar surface area (TPSA) is 84.9 Å². The average Bonchev–Trinajstić information content (AvgIpc) is 3.17. The van der Waals surface area contributed by atoms with E-state index in [4.69, 9.17) is 9.47 Å². The fraction of sp³-hybridized carbons (Fsp3) is 0.250. The predicted octanol–water partition coefficient (Wildman–Crippen LogP) is 5.38. The fourth-order valence-electron chi connectivity index (χ4n) is 3.76. The van der Waals surface area contributed by atoms with E-state index in [1.807, 2.05) is 43.3 Å². The number of amides is 1. The van der Waals surface area contributed by atoms with Crippen molar-refractivity contribution < 1.29 is 24.2 Å². The van der Waals surface area contributed by atoms with Gasteiger partial charge in [0, 0.05) is 22.8 Å². The van der Waals surface area contributed by atoms with Crippen LogP contribution in [0.1, 0.15) is 45.8 Å². The Hall–Kier alpha value is -3.32. The van der Waals surface area contributed by atoms with Crippen molar-refractivity contribution in [1.29, 1.82) is 0 Å². The van der Waals surface area contributed by atoms with E-state index in [0.717, 1.165) is 28.2 Å². The van der Waals surface area contributed by atoms with Crippen LogP contribution in [0.15, 0.2) is 48.5 Å². The van der Waals surface area contributed by atoms with Gasteiger partial charge >= 0.3 is 5.97 Å². The van der Waals surface area contributed by atoms with Crippen LogP contribution in [0.3, 0.4) is 0 Å². The SMILES string of the molecule is CCCOc1ccc([C@H]2CC(=O)Nc3c2sc(C(=O)O)c3-c2ccc(OC)cc2)cc1. The van der Waals surface area contributed by atoms with Crippen molar-refractivity contribution in [3.05, 3.63) is 63.8 Å². The van der Waals surface area contributed by atoms with Crippen molar-refractivity contribution in [1.82, 2.24) is 0 Å². The van der Waals surface area contributed by atoms with Gasteiger partial charge in [0.2, 0.25) is 5.91 Å². The Bertz CT molecular complexity index is 1100. The van der Waals surface area contributed by atoms with Crippen molar-refractivity contribution in [2.45, 2.75) is 25.7 Å². The third-order valence-corrected chi connectivity index (χ3v) is 6.53. The number of carbonyl (C=O) groups excluding carboxylic acids is 1. The minimum atomic E-state index is -1.01. The van der Waals surface area contributed by atoms with Crippen LogP contribution in [-0.4, -0.2) is 30.7 Å². The molecule has 0 saturated carbocycles. The summed E-state index contributed by atoms with van der Waals surface area (Å²) in [6, 6.07) is 14.9.